The normalized spacial score (nSPS) is 23.6. The molecule has 5 aliphatic rings. The molecular weight excluding hydrogens is 1030 g/mol. The molecule has 1 spiro atoms. The van der Waals surface area contributed by atoms with Gasteiger partial charge in [0.1, 0.15) is 24.7 Å². The van der Waals surface area contributed by atoms with Crippen molar-refractivity contribution in [1.29, 1.82) is 5.26 Å². The Kier molecular flexibility index (Phi) is 14.4. The molecule has 4 aliphatic heterocycles. The average molecular weight is 1090 g/mol. The number of halogens is 1. The number of aryl methyl sites for hydroxylation is 1. The summed E-state index contributed by atoms with van der Waals surface area (Å²) in [7, 11) is -3.43. The van der Waals surface area contributed by atoms with Gasteiger partial charge in [0.05, 0.1) is 39.5 Å². The third-order valence-electron chi connectivity index (χ3n) is 16.5. The Hall–Kier alpha value is -6.56. The number of carbonyl (C=O) groups is 6. The number of imide groups is 1. The first-order valence-corrected chi connectivity index (χ1v) is 28.6. The zero-order valence-electron chi connectivity index (χ0n) is 43.2. The number of imidazole rings is 1. The molecule has 1 unspecified atom stereocenters. The van der Waals surface area contributed by atoms with E-state index in [1.807, 2.05) is 48.5 Å². The standard InChI is InChI=1S/C55H62FN8O11PS/c1-54(2,3)47(59-50(68)43-27-35-26-34(11-14-42(35)77-43)48(56)76(72,73)74)52(70)62-23-18-41(46(62)51(69)63-29-36(33-8-6-5-7-9-33)37(28-57)55(63)19-20-55)75-30-45(66)61-21-16-31(17-22-61)24-32-10-12-38-40(25-32)60(4)53(71)64(38)39-13-15-44(65)58-49(39)67/h5-12,14,25-27,31,36-37,39,41,46-48H,13,15-24,29-30H2,1-4H3,(H,59,68)(H,58,65,67)(H2,72,73,74)/t36-,37-,39?,41-,46+,47-,48+/m1/s1. The van der Waals surface area contributed by atoms with Crippen molar-refractivity contribution in [3.05, 3.63) is 105 Å². The Balaban J connectivity index is 0.844. The van der Waals surface area contributed by atoms with Crippen LogP contribution >= 0.6 is 18.9 Å². The molecule has 10 rings (SSSR count). The molecule has 7 atom stereocenters. The van der Waals surface area contributed by atoms with Gasteiger partial charge in [0.25, 0.3) is 5.91 Å². The number of likely N-dealkylation sites (tertiary alicyclic amines) is 3. The first-order chi connectivity index (χ1) is 36.6. The number of benzene rings is 3. The maximum Gasteiger partial charge on any atom is 0.363 e. The number of ether oxygens (including phenoxy) is 1. The number of hydrogen-bond acceptors (Lipinski definition) is 11. The minimum Gasteiger partial charge on any atom is -0.366 e. The van der Waals surface area contributed by atoms with Crippen LogP contribution in [0.25, 0.3) is 21.1 Å². The summed E-state index contributed by atoms with van der Waals surface area (Å²) in [6.07, 6.45) is 3.00. The maximum atomic E-state index is 15.4. The highest BCUT2D eigenvalue weighted by atomic mass is 32.1. The summed E-state index contributed by atoms with van der Waals surface area (Å²) in [6, 6.07) is 20.2. The Morgan fingerprint density at radius 2 is 1.69 bits per heavy atom. The average Bonchev–Trinajstić information content (AvgIpc) is 3.76. The first kappa shape index (κ1) is 53.8. The molecule has 406 valence electrons. The van der Waals surface area contributed by atoms with Crippen LogP contribution in [0.1, 0.15) is 110 Å². The number of carbonyl (C=O) groups excluding carboxylic acids is 6. The van der Waals surface area contributed by atoms with E-state index < -0.39 is 78.2 Å². The van der Waals surface area contributed by atoms with Crippen LogP contribution in [-0.4, -0.2) is 126 Å². The highest BCUT2D eigenvalue weighted by Crippen LogP contribution is 2.58. The predicted molar refractivity (Wildman–Crippen MR) is 282 cm³/mol. The minimum absolute atomic E-state index is 0.0732. The number of rotatable bonds is 13. The number of nitrogens with zero attached hydrogens (tertiary/aromatic N) is 6. The molecule has 1 aliphatic carbocycles. The number of alkyl halides is 1. The van der Waals surface area contributed by atoms with E-state index in [1.165, 1.54) is 38.3 Å². The molecule has 2 aromatic heterocycles. The quantitative estimate of drug-likeness (QED) is 0.0832. The van der Waals surface area contributed by atoms with Gasteiger partial charge in [0.15, 0.2) is 0 Å². The lowest BCUT2D eigenvalue weighted by Gasteiger charge is -2.38. The largest absolute Gasteiger partial charge is 0.366 e. The molecule has 0 bridgehead atoms. The lowest BCUT2D eigenvalue weighted by atomic mass is 9.85. The van der Waals surface area contributed by atoms with Gasteiger partial charge in [0, 0.05) is 50.3 Å². The van der Waals surface area contributed by atoms with E-state index in [4.69, 9.17) is 4.74 Å². The van der Waals surface area contributed by atoms with Crippen LogP contribution in [0.3, 0.4) is 0 Å². The summed E-state index contributed by atoms with van der Waals surface area (Å²) in [5, 5.41) is 16.2. The molecule has 4 saturated heterocycles. The van der Waals surface area contributed by atoms with Gasteiger partial charge in [-0.2, -0.15) is 5.26 Å². The summed E-state index contributed by atoms with van der Waals surface area (Å²) in [6.45, 7) is 6.24. The third kappa shape index (κ3) is 10.3. The van der Waals surface area contributed by atoms with E-state index in [1.54, 1.807) is 37.6 Å². The van der Waals surface area contributed by atoms with E-state index >= 15 is 9.59 Å². The number of hydrogen-bond donors (Lipinski definition) is 4. The zero-order valence-corrected chi connectivity index (χ0v) is 44.9. The second kappa shape index (κ2) is 20.7. The molecule has 5 fully saturated rings. The van der Waals surface area contributed by atoms with Gasteiger partial charge in [-0.3, -0.25) is 47.8 Å². The summed E-state index contributed by atoms with van der Waals surface area (Å²) in [4.78, 5) is 121. The van der Waals surface area contributed by atoms with E-state index in [9.17, 15) is 48.0 Å². The van der Waals surface area contributed by atoms with E-state index in [0.717, 1.165) is 22.5 Å². The predicted octanol–water partition coefficient (Wildman–Crippen LogP) is 5.59. The smallest absolute Gasteiger partial charge is 0.363 e. The van der Waals surface area contributed by atoms with Crippen LogP contribution in [-0.2, 0) is 46.7 Å². The fraction of sp³-hybridized carbons (Fsp3) is 0.491. The summed E-state index contributed by atoms with van der Waals surface area (Å²) in [5.41, 5.74) is 0.979. The van der Waals surface area contributed by atoms with Crippen molar-refractivity contribution in [3.63, 3.8) is 0 Å². The van der Waals surface area contributed by atoms with Crippen LogP contribution in [0.4, 0.5) is 4.39 Å². The van der Waals surface area contributed by atoms with Gasteiger partial charge in [-0.25, -0.2) is 9.18 Å². The number of thiophene rings is 1. The van der Waals surface area contributed by atoms with Gasteiger partial charge in [-0.15, -0.1) is 11.3 Å². The Labute approximate surface area is 447 Å². The van der Waals surface area contributed by atoms with Crippen molar-refractivity contribution in [2.45, 2.75) is 114 Å². The van der Waals surface area contributed by atoms with Crippen LogP contribution < -0.4 is 16.3 Å². The van der Waals surface area contributed by atoms with Crippen molar-refractivity contribution in [2.24, 2.45) is 24.3 Å². The first-order valence-electron chi connectivity index (χ1n) is 26.1. The molecule has 4 N–H and O–H groups in total. The highest BCUT2D eigenvalue weighted by Gasteiger charge is 2.65. The monoisotopic (exact) mass is 1090 g/mol. The molecule has 6 amide bonds. The summed E-state index contributed by atoms with van der Waals surface area (Å²) in [5.74, 6) is -5.78. The van der Waals surface area contributed by atoms with Crippen molar-refractivity contribution in [3.8, 4) is 6.07 Å². The van der Waals surface area contributed by atoms with Crippen LogP contribution in [0.15, 0.2) is 77.6 Å². The van der Waals surface area contributed by atoms with Crippen molar-refractivity contribution in [2.75, 3.05) is 32.8 Å². The second-order valence-corrected chi connectivity index (χ2v) is 25.1. The lowest BCUT2D eigenvalue weighted by Crippen LogP contribution is -2.60. The van der Waals surface area contributed by atoms with Crippen LogP contribution in [0, 0.1) is 28.6 Å². The molecule has 3 aromatic carbocycles. The van der Waals surface area contributed by atoms with Gasteiger partial charge < -0.3 is 34.5 Å². The lowest BCUT2D eigenvalue weighted by molar-refractivity contribution is -0.153. The van der Waals surface area contributed by atoms with Crippen LogP contribution in [0.2, 0.25) is 0 Å². The highest BCUT2D eigenvalue weighted by molar-refractivity contribution is 7.51. The van der Waals surface area contributed by atoms with Crippen molar-refractivity contribution < 1.29 is 52.2 Å². The molecule has 22 heteroatoms. The number of amides is 6. The SMILES string of the molecule is Cn1c(=O)n(C2CCC(=O)NC2=O)c2ccc(CC3CCN(C(=O)CO[C@@H]4CCN(C(=O)[C@@H](NC(=O)c5cc6cc([C@@H](F)P(=O)(O)O)ccc6s5)C(C)(C)C)[C@@H]4C(=O)N4C[C@H](c5ccccc5)[C@@H](C#N)C45CC5)CC3)cc21. The van der Waals surface area contributed by atoms with Crippen LogP contribution in [0.5, 0.6) is 0 Å². The maximum absolute atomic E-state index is 15.4. The van der Waals surface area contributed by atoms with E-state index in [0.29, 0.717) is 66.3 Å². The van der Waals surface area contributed by atoms with E-state index in [-0.39, 0.29) is 78.7 Å². The van der Waals surface area contributed by atoms with Crippen molar-refractivity contribution in [1.82, 2.24) is 34.5 Å². The molecule has 77 heavy (non-hydrogen) atoms. The molecule has 19 nitrogen and oxygen atoms in total. The number of nitrogens with one attached hydrogen (secondary N) is 2. The molecule has 0 radical (unpaired) electrons. The fourth-order valence-corrected chi connectivity index (χ4v) is 13.7. The topological polar surface area (TPSA) is 254 Å². The molecule has 5 aromatic rings. The number of piperidine rings is 2. The molecule has 1 saturated carbocycles. The van der Waals surface area contributed by atoms with Crippen molar-refractivity contribution >= 4 is 75.5 Å². The summed E-state index contributed by atoms with van der Waals surface area (Å²) >= 11 is 1.06. The molecule has 6 heterocycles. The van der Waals surface area contributed by atoms with Gasteiger partial charge >= 0.3 is 13.3 Å². The number of nitriles is 1. The Bertz CT molecular complexity index is 3350. The minimum atomic E-state index is -5.09. The summed E-state index contributed by atoms with van der Waals surface area (Å²) < 4.78 is 36.3. The van der Waals surface area contributed by atoms with Gasteiger partial charge in [-0.1, -0.05) is 63.2 Å². The van der Waals surface area contributed by atoms with Gasteiger partial charge in [0.2, 0.25) is 35.4 Å². The fourth-order valence-electron chi connectivity index (χ4n) is 12.2. The second-order valence-electron chi connectivity index (χ2n) is 22.4. The zero-order chi connectivity index (χ0) is 54.9. The van der Waals surface area contributed by atoms with Gasteiger partial charge in [-0.05, 0) is 109 Å². The number of fused-ring (bicyclic) bond motifs is 2. The Morgan fingerprint density at radius 1 is 0.961 bits per heavy atom. The Morgan fingerprint density at radius 3 is 2.35 bits per heavy atom. The van der Waals surface area contributed by atoms with E-state index in [2.05, 4.69) is 16.7 Å². The molecular formula is C55H62FN8O11PS. The number of aromatic nitrogens is 2. The third-order valence-corrected chi connectivity index (χ3v) is 18.5.